The number of unbranched alkanes of at least 4 members (excludes halogenated alkanes) is 2. The molecule has 3 aromatic rings. The monoisotopic (exact) mass is 485 g/mol. The van der Waals surface area contributed by atoms with E-state index in [2.05, 4.69) is 4.74 Å². The summed E-state index contributed by atoms with van der Waals surface area (Å²) >= 11 is 0. The smallest absolute Gasteiger partial charge is 0.503 e. The Morgan fingerprint density at radius 2 is 1.74 bits per heavy atom. The lowest BCUT2D eigenvalue weighted by Gasteiger charge is -2.10. The van der Waals surface area contributed by atoms with Gasteiger partial charge in [0.05, 0.1) is 16.6 Å². The van der Waals surface area contributed by atoms with Gasteiger partial charge in [0.2, 0.25) is 0 Å². The molecule has 0 bridgehead atoms. The molecule has 6 nitrogen and oxygen atoms in total. The highest BCUT2D eigenvalue weighted by Gasteiger charge is 2.31. The quantitative estimate of drug-likeness (QED) is 0.252. The van der Waals surface area contributed by atoms with Crippen LogP contribution >= 0.6 is 0 Å². The number of ether oxygens (including phenoxy) is 2. The summed E-state index contributed by atoms with van der Waals surface area (Å²) in [5, 5.41) is 9.24. The maximum Gasteiger partial charge on any atom is 0.573 e. The van der Waals surface area contributed by atoms with Crippen molar-refractivity contribution >= 4 is 22.8 Å². The summed E-state index contributed by atoms with van der Waals surface area (Å²) in [5.74, 6) is -6.59. The van der Waals surface area contributed by atoms with Gasteiger partial charge in [0, 0.05) is 18.1 Å². The zero-order valence-corrected chi connectivity index (χ0v) is 18.1. The maximum atomic E-state index is 14.8. The predicted octanol–water partition coefficient (Wildman–Crippen LogP) is 6.01. The third-order valence-corrected chi connectivity index (χ3v) is 5.04. The zero-order chi connectivity index (χ0) is 25.2. The van der Waals surface area contributed by atoms with Crippen molar-refractivity contribution in [2.75, 3.05) is 0 Å². The molecule has 34 heavy (non-hydrogen) atoms. The highest BCUT2D eigenvalue weighted by atomic mass is 19.4. The van der Waals surface area contributed by atoms with E-state index in [4.69, 9.17) is 4.74 Å². The molecule has 0 spiro atoms. The average molecular weight is 485 g/mol. The first-order valence-corrected chi connectivity index (χ1v) is 10.3. The summed E-state index contributed by atoms with van der Waals surface area (Å²) in [6.07, 6.45) is -2.80. The summed E-state index contributed by atoms with van der Waals surface area (Å²) in [6.45, 7) is 3.26. The molecule has 0 amide bonds. The van der Waals surface area contributed by atoms with E-state index in [1.165, 1.54) is 6.92 Å². The Morgan fingerprint density at radius 3 is 2.32 bits per heavy atom. The SMILES string of the molecule is CCCCCC(=O)Oc1c(C)n(C(=O)c2ccc(OC(F)(F)F)cc2)c2cc(F)c(O)c(F)c12. The van der Waals surface area contributed by atoms with Crippen molar-refractivity contribution in [1.82, 2.24) is 4.57 Å². The summed E-state index contributed by atoms with van der Waals surface area (Å²) in [5.41, 5.74) is -0.533. The number of aromatic hydroxyl groups is 1. The Labute approximate surface area is 190 Å². The van der Waals surface area contributed by atoms with Crippen molar-refractivity contribution in [1.29, 1.82) is 0 Å². The first-order chi connectivity index (χ1) is 15.9. The zero-order valence-electron chi connectivity index (χ0n) is 18.1. The molecule has 0 aliphatic carbocycles. The number of esters is 1. The third-order valence-electron chi connectivity index (χ3n) is 5.04. The highest BCUT2D eigenvalue weighted by molar-refractivity contribution is 6.06. The van der Waals surface area contributed by atoms with Crippen LogP contribution in [0.15, 0.2) is 30.3 Å². The Hall–Kier alpha value is -3.63. The van der Waals surface area contributed by atoms with E-state index in [-0.39, 0.29) is 28.9 Å². The van der Waals surface area contributed by atoms with Crippen molar-refractivity contribution in [3.05, 3.63) is 53.2 Å². The molecule has 3 rings (SSSR count). The van der Waals surface area contributed by atoms with E-state index >= 15 is 0 Å². The van der Waals surface area contributed by atoms with Crippen LogP contribution in [-0.2, 0) is 4.79 Å². The number of phenols is 1. The van der Waals surface area contributed by atoms with Crippen molar-refractivity contribution in [2.45, 2.75) is 45.9 Å². The van der Waals surface area contributed by atoms with Gasteiger partial charge in [-0.1, -0.05) is 19.8 Å². The number of nitrogens with zero attached hydrogens (tertiary/aromatic N) is 1. The van der Waals surface area contributed by atoms with Gasteiger partial charge in [-0.05, 0) is 37.6 Å². The number of alkyl halides is 3. The number of hydrogen-bond donors (Lipinski definition) is 1. The second-order valence-corrected chi connectivity index (χ2v) is 7.47. The van der Waals surface area contributed by atoms with Crippen LogP contribution in [0.1, 0.15) is 48.7 Å². The molecule has 0 saturated carbocycles. The van der Waals surface area contributed by atoms with Gasteiger partial charge >= 0.3 is 12.3 Å². The molecule has 0 aliphatic heterocycles. The summed E-state index contributed by atoms with van der Waals surface area (Å²) < 4.78 is 76.0. The van der Waals surface area contributed by atoms with Crippen LogP contribution in [0.3, 0.4) is 0 Å². The predicted molar refractivity (Wildman–Crippen MR) is 111 cm³/mol. The number of halogens is 5. The molecule has 0 fully saturated rings. The largest absolute Gasteiger partial charge is 0.573 e. The Kier molecular flexibility index (Phi) is 7.13. The minimum Gasteiger partial charge on any atom is -0.503 e. The second-order valence-electron chi connectivity index (χ2n) is 7.47. The summed E-state index contributed by atoms with van der Waals surface area (Å²) in [7, 11) is 0. The number of hydrogen-bond acceptors (Lipinski definition) is 5. The Morgan fingerprint density at radius 1 is 1.09 bits per heavy atom. The van der Waals surface area contributed by atoms with Crippen molar-refractivity contribution in [3.8, 4) is 17.2 Å². The van der Waals surface area contributed by atoms with Gasteiger partial charge in [0.15, 0.2) is 23.1 Å². The van der Waals surface area contributed by atoms with Crippen LogP contribution in [0.25, 0.3) is 10.9 Å². The fourth-order valence-electron chi connectivity index (χ4n) is 3.45. The van der Waals surface area contributed by atoms with Crippen LogP contribution in [-0.4, -0.2) is 27.9 Å². The molecule has 1 aromatic heterocycles. The lowest BCUT2D eigenvalue weighted by atomic mass is 10.2. The molecule has 0 aliphatic rings. The van der Waals surface area contributed by atoms with E-state index in [1.54, 1.807) is 0 Å². The number of carbonyl (C=O) groups excluding carboxylic acids is 2. The number of fused-ring (bicyclic) bond motifs is 1. The topological polar surface area (TPSA) is 77.8 Å². The van der Waals surface area contributed by atoms with Crippen LogP contribution in [0.4, 0.5) is 22.0 Å². The molecule has 182 valence electrons. The normalized spacial score (nSPS) is 11.6. The molecule has 2 aromatic carbocycles. The molecular formula is C23H20F5NO5. The van der Waals surface area contributed by atoms with Crippen LogP contribution in [0.2, 0.25) is 0 Å². The fourth-order valence-corrected chi connectivity index (χ4v) is 3.45. The van der Waals surface area contributed by atoms with Gasteiger partial charge in [-0.25, -0.2) is 8.78 Å². The van der Waals surface area contributed by atoms with Crippen LogP contribution in [0.5, 0.6) is 17.2 Å². The summed E-state index contributed by atoms with van der Waals surface area (Å²) in [6, 6.07) is 4.59. The molecule has 0 saturated heterocycles. The minimum absolute atomic E-state index is 0.0172. The van der Waals surface area contributed by atoms with Crippen molar-refractivity contribution in [2.24, 2.45) is 0 Å². The number of rotatable bonds is 7. The first kappa shape index (κ1) is 25.0. The summed E-state index contributed by atoms with van der Waals surface area (Å²) in [4.78, 5) is 25.4. The second kappa shape index (κ2) is 9.70. The minimum atomic E-state index is -4.92. The van der Waals surface area contributed by atoms with Crippen molar-refractivity contribution < 1.29 is 46.1 Å². The van der Waals surface area contributed by atoms with E-state index < -0.39 is 46.8 Å². The van der Waals surface area contributed by atoms with E-state index in [9.17, 15) is 36.6 Å². The van der Waals surface area contributed by atoms with E-state index in [1.807, 2.05) is 6.92 Å². The molecule has 0 radical (unpaired) electrons. The molecule has 0 unspecified atom stereocenters. The van der Waals surface area contributed by atoms with E-state index in [0.29, 0.717) is 12.5 Å². The van der Waals surface area contributed by atoms with Crippen LogP contribution < -0.4 is 9.47 Å². The number of aromatic nitrogens is 1. The molecule has 1 heterocycles. The fraction of sp³-hybridized carbons (Fsp3) is 0.304. The molecule has 0 atom stereocenters. The molecule has 1 N–H and O–H groups in total. The lowest BCUT2D eigenvalue weighted by molar-refractivity contribution is -0.274. The Bertz CT molecular complexity index is 1230. The average Bonchev–Trinajstić information content (AvgIpc) is 3.02. The highest BCUT2D eigenvalue weighted by Crippen LogP contribution is 2.40. The third kappa shape index (κ3) is 5.13. The maximum absolute atomic E-state index is 14.8. The molecular weight excluding hydrogens is 465 g/mol. The van der Waals surface area contributed by atoms with Gasteiger partial charge in [-0.15, -0.1) is 13.2 Å². The van der Waals surface area contributed by atoms with Gasteiger partial charge in [-0.3, -0.25) is 14.2 Å². The van der Waals surface area contributed by atoms with Gasteiger partial charge in [0.25, 0.3) is 5.91 Å². The van der Waals surface area contributed by atoms with E-state index in [0.717, 1.165) is 41.7 Å². The van der Waals surface area contributed by atoms with Gasteiger partial charge < -0.3 is 14.6 Å². The number of benzene rings is 2. The first-order valence-electron chi connectivity index (χ1n) is 10.3. The van der Waals surface area contributed by atoms with Gasteiger partial charge in [-0.2, -0.15) is 0 Å². The standard InChI is InChI=1S/C23H20F5NO5/c1-3-4-5-6-17(30)33-21-12(2)29(16-11-15(24)20(31)19(25)18(16)21)22(32)13-7-9-14(10-8-13)34-23(26,27)28/h7-11,31H,3-6H2,1-2H3. The number of phenolic OH excluding ortho intramolecular Hbond substituents is 1. The number of carbonyl (C=O) groups is 2. The van der Waals surface area contributed by atoms with Crippen LogP contribution in [0, 0.1) is 18.6 Å². The lowest BCUT2D eigenvalue weighted by Crippen LogP contribution is -2.17. The van der Waals surface area contributed by atoms with Crippen molar-refractivity contribution in [3.63, 3.8) is 0 Å². The molecule has 11 heteroatoms. The van der Waals surface area contributed by atoms with Gasteiger partial charge in [0.1, 0.15) is 5.75 Å². The Balaban J connectivity index is 2.07.